The molecule has 2 aromatic carbocycles. The minimum atomic E-state index is -0.887. The molecule has 42 heavy (non-hydrogen) atoms. The molecule has 222 valence electrons. The van der Waals surface area contributed by atoms with Gasteiger partial charge in [-0.1, -0.05) is 28.9 Å². The number of piperazine rings is 1. The lowest BCUT2D eigenvalue weighted by Crippen LogP contribution is -2.57. The number of aromatic nitrogens is 4. The Morgan fingerprint density at radius 1 is 1.05 bits per heavy atom. The Labute approximate surface area is 254 Å². The minimum absolute atomic E-state index is 0.0223. The summed E-state index contributed by atoms with van der Waals surface area (Å²) in [5.41, 5.74) is 2.24. The molecule has 4 aromatic rings. The van der Waals surface area contributed by atoms with Crippen LogP contribution >= 0.6 is 22.9 Å². The van der Waals surface area contributed by atoms with Gasteiger partial charge in [0, 0.05) is 31.6 Å². The molecule has 0 aliphatic carbocycles. The monoisotopic (exact) mass is 612 g/mol. The Bertz CT molecular complexity index is 1590. The van der Waals surface area contributed by atoms with E-state index in [9.17, 15) is 13.6 Å². The van der Waals surface area contributed by atoms with E-state index < -0.39 is 16.8 Å². The maximum atomic E-state index is 14.5. The molecule has 1 saturated heterocycles. The molecule has 0 N–H and O–H groups in total. The van der Waals surface area contributed by atoms with Crippen molar-refractivity contribution in [1.82, 2.24) is 29.8 Å². The molecule has 1 atom stereocenters. The van der Waals surface area contributed by atoms with E-state index in [0.717, 1.165) is 16.8 Å². The third kappa shape index (κ3) is 5.59. The van der Waals surface area contributed by atoms with Gasteiger partial charge < -0.3 is 4.90 Å². The van der Waals surface area contributed by atoms with Crippen molar-refractivity contribution < 1.29 is 13.6 Å². The molecule has 0 saturated carbocycles. The molecule has 1 amide bonds. The summed E-state index contributed by atoms with van der Waals surface area (Å²) >= 11 is 7.53. The number of aryl methyl sites for hydroxylation is 1. The number of hydrogen-bond acceptors (Lipinski definition) is 6. The quantitative estimate of drug-likeness (QED) is 0.235. The van der Waals surface area contributed by atoms with Crippen LogP contribution in [0.15, 0.2) is 48.0 Å². The number of halogens is 3. The first-order valence-corrected chi connectivity index (χ1v) is 15.2. The summed E-state index contributed by atoms with van der Waals surface area (Å²) in [6.07, 6.45) is 1.95. The fourth-order valence-corrected chi connectivity index (χ4v) is 6.87. The van der Waals surface area contributed by atoms with Crippen LogP contribution in [-0.2, 0) is 15.7 Å². The van der Waals surface area contributed by atoms with E-state index in [2.05, 4.69) is 34.0 Å². The number of rotatable bonds is 7. The maximum Gasteiger partial charge on any atom is 0.234 e. The fraction of sp³-hybridized carbons (Fsp3) is 0.419. The molecule has 0 radical (unpaired) electrons. The molecule has 3 heterocycles. The topological polar surface area (TPSA) is 67.2 Å². The van der Waals surface area contributed by atoms with Crippen molar-refractivity contribution >= 4 is 28.8 Å². The number of carbonyl (C=O) groups is 1. The summed E-state index contributed by atoms with van der Waals surface area (Å²) in [6.45, 7) is 14.3. The van der Waals surface area contributed by atoms with Crippen LogP contribution in [0.2, 0.25) is 5.02 Å². The molecular formula is C31H35ClF2N6OS. The van der Waals surface area contributed by atoms with Crippen molar-refractivity contribution in [2.24, 2.45) is 0 Å². The van der Waals surface area contributed by atoms with Gasteiger partial charge >= 0.3 is 0 Å². The number of nitrogens with zero attached hydrogens (tertiary/aromatic N) is 6. The predicted molar refractivity (Wildman–Crippen MR) is 162 cm³/mol. The second-order valence-corrected chi connectivity index (χ2v) is 13.1. The van der Waals surface area contributed by atoms with Crippen molar-refractivity contribution in [1.29, 1.82) is 0 Å². The molecule has 1 aliphatic heterocycles. The average Bonchev–Trinajstić information content (AvgIpc) is 3.64. The molecule has 7 nitrogen and oxygen atoms in total. The molecule has 0 spiro atoms. The fourth-order valence-electron chi connectivity index (χ4n) is 5.51. The molecule has 1 aliphatic rings. The van der Waals surface area contributed by atoms with Gasteiger partial charge in [-0.2, -0.15) is 0 Å². The van der Waals surface area contributed by atoms with Crippen LogP contribution in [-0.4, -0.2) is 61.9 Å². The van der Waals surface area contributed by atoms with E-state index >= 15 is 0 Å². The van der Waals surface area contributed by atoms with Crippen molar-refractivity contribution in [2.75, 3.05) is 26.2 Å². The van der Waals surface area contributed by atoms with Gasteiger partial charge in [-0.3, -0.25) is 9.69 Å². The van der Waals surface area contributed by atoms with E-state index in [4.69, 9.17) is 11.6 Å². The van der Waals surface area contributed by atoms with Crippen LogP contribution in [0.5, 0.6) is 0 Å². The molecule has 1 fully saturated rings. The Morgan fingerprint density at radius 2 is 1.76 bits per heavy atom. The number of amides is 1. The summed E-state index contributed by atoms with van der Waals surface area (Å²) in [5.74, 6) is -0.717. The van der Waals surface area contributed by atoms with Gasteiger partial charge in [0.2, 0.25) is 5.91 Å². The highest BCUT2D eigenvalue weighted by atomic mass is 35.5. The lowest BCUT2D eigenvalue weighted by atomic mass is 9.87. The van der Waals surface area contributed by atoms with Crippen LogP contribution in [0.4, 0.5) is 8.78 Å². The first-order valence-electron chi connectivity index (χ1n) is 13.9. The standard InChI is InChI=1S/C31H35ClF2N6OS/c1-19-16-21(33)10-11-22(19)20(2)40-17-25(36-37-40)31(5,6)39-14-12-38(13-15-39)29(41)30(3,4)26-18-42-28(35-26)27-23(32)8-7-9-24(27)34/h7-11,16-18,20H,12-15H2,1-6H3/t20-/m1/s1. The van der Waals surface area contributed by atoms with Crippen LogP contribution in [0.25, 0.3) is 10.6 Å². The van der Waals surface area contributed by atoms with E-state index in [1.54, 1.807) is 18.2 Å². The summed E-state index contributed by atoms with van der Waals surface area (Å²) in [7, 11) is 0. The van der Waals surface area contributed by atoms with Gasteiger partial charge in [0.1, 0.15) is 22.3 Å². The number of hydrogen-bond donors (Lipinski definition) is 0. The zero-order chi connectivity index (χ0) is 30.4. The van der Waals surface area contributed by atoms with Gasteiger partial charge in [0.25, 0.3) is 0 Å². The van der Waals surface area contributed by atoms with Gasteiger partial charge in [0.15, 0.2) is 0 Å². The van der Waals surface area contributed by atoms with Gasteiger partial charge in [0.05, 0.1) is 39.5 Å². The Hall–Kier alpha value is -3.21. The second kappa shape index (κ2) is 11.5. The first kappa shape index (κ1) is 30.3. The maximum absolute atomic E-state index is 14.5. The van der Waals surface area contributed by atoms with Crippen LogP contribution in [0, 0.1) is 18.6 Å². The highest BCUT2D eigenvalue weighted by molar-refractivity contribution is 7.13. The SMILES string of the molecule is Cc1cc(F)ccc1[C@@H](C)n1cc(C(C)(C)N2CCN(C(=O)C(C)(C)c3csc(-c4c(F)cccc4Cl)n3)CC2)nn1. The van der Waals surface area contributed by atoms with Gasteiger partial charge in [-0.25, -0.2) is 18.4 Å². The average molecular weight is 613 g/mol. The second-order valence-electron chi connectivity index (χ2n) is 11.9. The molecule has 11 heteroatoms. The third-order valence-corrected chi connectivity index (χ3v) is 9.60. The largest absolute Gasteiger partial charge is 0.339 e. The Kier molecular flexibility index (Phi) is 8.26. The predicted octanol–water partition coefficient (Wildman–Crippen LogP) is 6.61. The minimum Gasteiger partial charge on any atom is -0.339 e. The van der Waals surface area contributed by atoms with Crippen molar-refractivity contribution in [3.05, 3.63) is 87.1 Å². The summed E-state index contributed by atoms with van der Waals surface area (Å²) in [4.78, 5) is 22.5. The van der Waals surface area contributed by atoms with E-state index in [0.29, 0.717) is 41.9 Å². The number of carbonyl (C=O) groups excluding carboxylic acids is 1. The van der Waals surface area contributed by atoms with Crippen LogP contribution < -0.4 is 0 Å². The highest BCUT2D eigenvalue weighted by Gasteiger charge is 2.40. The van der Waals surface area contributed by atoms with Crippen molar-refractivity contribution in [2.45, 2.75) is 58.5 Å². The molecule has 0 bridgehead atoms. The molecule has 0 unspecified atom stereocenters. The van der Waals surface area contributed by atoms with Crippen LogP contribution in [0.3, 0.4) is 0 Å². The molecule has 5 rings (SSSR count). The Morgan fingerprint density at radius 3 is 2.43 bits per heavy atom. The van der Waals surface area contributed by atoms with Gasteiger partial charge in [-0.05, 0) is 76.9 Å². The normalized spacial score (nSPS) is 15.7. The highest BCUT2D eigenvalue weighted by Crippen LogP contribution is 2.37. The zero-order valence-electron chi connectivity index (χ0n) is 24.7. The van der Waals surface area contributed by atoms with Gasteiger partial charge in [-0.15, -0.1) is 16.4 Å². The van der Waals surface area contributed by atoms with Crippen LogP contribution in [0.1, 0.15) is 63.2 Å². The van der Waals surface area contributed by atoms with E-state index in [-0.39, 0.29) is 23.3 Å². The lowest BCUT2D eigenvalue weighted by Gasteiger charge is -2.44. The summed E-state index contributed by atoms with van der Waals surface area (Å²) < 4.78 is 29.9. The summed E-state index contributed by atoms with van der Waals surface area (Å²) in [5, 5.41) is 11.5. The molecular weight excluding hydrogens is 578 g/mol. The first-order chi connectivity index (χ1) is 19.8. The van der Waals surface area contributed by atoms with E-state index in [1.807, 2.05) is 48.9 Å². The smallest absolute Gasteiger partial charge is 0.234 e. The van der Waals surface area contributed by atoms with E-state index in [1.165, 1.54) is 29.5 Å². The Balaban J connectivity index is 1.25. The van der Waals surface area contributed by atoms with Crippen molar-refractivity contribution in [3.8, 4) is 10.6 Å². The number of benzene rings is 2. The summed E-state index contributed by atoms with van der Waals surface area (Å²) in [6, 6.07) is 9.23. The zero-order valence-corrected chi connectivity index (χ0v) is 26.2. The number of thiazole rings is 1. The van der Waals surface area contributed by atoms with Crippen molar-refractivity contribution in [3.63, 3.8) is 0 Å². The lowest BCUT2D eigenvalue weighted by molar-refractivity contribution is -0.139. The third-order valence-electron chi connectivity index (χ3n) is 8.43. The molecule has 2 aromatic heterocycles.